The zero-order chi connectivity index (χ0) is 15.4. The molecule has 1 N–H and O–H groups in total. The molecule has 0 radical (unpaired) electrons. The van der Waals surface area contributed by atoms with Crippen molar-refractivity contribution in [1.82, 2.24) is 0 Å². The SMILES string of the molecule is CCS(=O)(=O)c1cccc(NC2C3CCOC3C23CCC3)c1. The van der Waals surface area contributed by atoms with Gasteiger partial charge in [-0.1, -0.05) is 19.4 Å². The molecule has 0 bridgehead atoms. The van der Waals surface area contributed by atoms with Gasteiger partial charge in [0.15, 0.2) is 9.84 Å². The molecule has 120 valence electrons. The molecule has 2 aliphatic carbocycles. The zero-order valence-corrected chi connectivity index (χ0v) is 13.7. The van der Waals surface area contributed by atoms with Crippen LogP contribution in [0.1, 0.15) is 32.6 Å². The van der Waals surface area contributed by atoms with Crippen LogP contribution in [-0.4, -0.2) is 32.9 Å². The van der Waals surface area contributed by atoms with Gasteiger partial charge < -0.3 is 10.1 Å². The Bertz CT molecular complexity index is 681. The van der Waals surface area contributed by atoms with Crippen LogP contribution < -0.4 is 5.32 Å². The van der Waals surface area contributed by atoms with Crippen molar-refractivity contribution in [2.45, 2.75) is 49.6 Å². The summed E-state index contributed by atoms with van der Waals surface area (Å²) in [7, 11) is -3.15. The van der Waals surface area contributed by atoms with Crippen molar-refractivity contribution in [3.05, 3.63) is 24.3 Å². The molecule has 4 rings (SSSR count). The van der Waals surface area contributed by atoms with Crippen LogP contribution in [0.2, 0.25) is 0 Å². The minimum absolute atomic E-state index is 0.141. The second kappa shape index (κ2) is 4.96. The summed E-state index contributed by atoms with van der Waals surface area (Å²) in [6.45, 7) is 2.56. The van der Waals surface area contributed by atoms with Gasteiger partial charge in [-0.05, 0) is 37.5 Å². The topological polar surface area (TPSA) is 55.4 Å². The fourth-order valence-corrected chi connectivity index (χ4v) is 5.51. The smallest absolute Gasteiger partial charge is 0.178 e. The number of anilines is 1. The summed E-state index contributed by atoms with van der Waals surface area (Å²) in [5.41, 5.74) is 1.23. The first kappa shape index (κ1) is 14.5. The lowest BCUT2D eigenvalue weighted by molar-refractivity contribution is -0.158. The van der Waals surface area contributed by atoms with E-state index in [9.17, 15) is 8.42 Å². The van der Waals surface area contributed by atoms with Gasteiger partial charge in [-0.3, -0.25) is 0 Å². The lowest BCUT2D eigenvalue weighted by Gasteiger charge is -2.63. The Balaban J connectivity index is 1.58. The van der Waals surface area contributed by atoms with Crippen LogP contribution in [0, 0.1) is 11.3 Å². The molecule has 3 aliphatic rings. The summed E-state index contributed by atoms with van der Waals surface area (Å²) in [6.07, 6.45) is 5.31. The van der Waals surface area contributed by atoms with Gasteiger partial charge >= 0.3 is 0 Å². The van der Waals surface area contributed by atoms with Crippen molar-refractivity contribution in [2.24, 2.45) is 11.3 Å². The molecule has 0 amide bonds. The van der Waals surface area contributed by atoms with E-state index in [1.807, 2.05) is 12.1 Å². The lowest BCUT2D eigenvalue weighted by Crippen LogP contribution is -2.68. The van der Waals surface area contributed by atoms with E-state index in [-0.39, 0.29) is 5.75 Å². The van der Waals surface area contributed by atoms with E-state index in [0.29, 0.717) is 28.4 Å². The summed E-state index contributed by atoms with van der Waals surface area (Å²) < 4.78 is 30.0. The van der Waals surface area contributed by atoms with Crippen molar-refractivity contribution >= 4 is 15.5 Å². The Morgan fingerprint density at radius 2 is 2.18 bits per heavy atom. The quantitative estimate of drug-likeness (QED) is 0.926. The molecular formula is C17H23NO3S. The van der Waals surface area contributed by atoms with E-state index >= 15 is 0 Å². The molecule has 3 fully saturated rings. The third-order valence-electron chi connectivity index (χ3n) is 5.93. The molecule has 2 saturated carbocycles. The number of sulfone groups is 1. The van der Waals surface area contributed by atoms with Crippen LogP contribution in [0.3, 0.4) is 0 Å². The highest BCUT2D eigenvalue weighted by molar-refractivity contribution is 7.91. The van der Waals surface area contributed by atoms with Crippen molar-refractivity contribution in [1.29, 1.82) is 0 Å². The Morgan fingerprint density at radius 1 is 1.36 bits per heavy atom. The zero-order valence-electron chi connectivity index (χ0n) is 12.9. The maximum Gasteiger partial charge on any atom is 0.178 e. The minimum Gasteiger partial charge on any atom is -0.381 e. The third-order valence-corrected chi connectivity index (χ3v) is 7.66. The maximum absolute atomic E-state index is 12.1. The lowest BCUT2D eigenvalue weighted by atomic mass is 9.46. The number of benzene rings is 1. The molecule has 1 aliphatic heterocycles. The van der Waals surface area contributed by atoms with Gasteiger partial charge in [-0.25, -0.2) is 8.42 Å². The van der Waals surface area contributed by atoms with Gasteiger partial charge in [-0.15, -0.1) is 0 Å². The Labute approximate surface area is 132 Å². The van der Waals surface area contributed by atoms with E-state index < -0.39 is 9.84 Å². The van der Waals surface area contributed by atoms with Crippen LogP contribution in [0.4, 0.5) is 5.69 Å². The number of nitrogens with one attached hydrogen (secondary N) is 1. The van der Waals surface area contributed by atoms with Crippen LogP contribution in [0.5, 0.6) is 0 Å². The number of ether oxygens (including phenoxy) is 1. The first-order chi connectivity index (χ1) is 10.6. The van der Waals surface area contributed by atoms with Gasteiger partial charge in [0.1, 0.15) is 0 Å². The molecule has 22 heavy (non-hydrogen) atoms. The van der Waals surface area contributed by atoms with E-state index in [0.717, 1.165) is 18.7 Å². The third kappa shape index (κ3) is 1.95. The average Bonchev–Trinajstić information content (AvgIpc) is 2.89. The molecule has 1 heterocycles. The highest BCUT2D eigenvalue weighted by atomic mass is 32.2. The molecule has 1 aromatic carbocycles. The summed E-state index contributed by atoms with van der Waals surface area (Å²) in [4.78, 5) is 0.418. The highest BCUT2D eigenvalue weighted by Crippen LogP contribution is 2.63. The first-order valence-electron chi connectivity index (χ1n) is 8.28. The second-order valence-corrected chi connectivity index (χ2v) is 9.16. The number of rotatable bonds is 4. The fourth-order valence-electron chi connectivity index (χ4n) is 4.58. The summed E-state index contributed by atoms with van der Waals surface area (Å²) >= 11 is 0. The van der Waals surface area contributed by atoms with Gasteiger partial charge in [0, 0.05) is 29.7 Å². The summed E-state index contributed by atoms with van der Waals surface area (Å²) in [5, 5.41) is 3.63. The Morgan fingerprint density at radius 3 is 2.86 bits per heavy atom. The van der Waals surface area contributed by atoms with Crippen molar-refractivity contribution in [3.8, 4) is 0 Å². The molecule has 3 unspecified atom stereocenters. The molecule has 0 aromatic heterocycles. The molecule has 1 saturated heterocycles. The molecule has 1 spiro atoms. The Hall–Kier alpha value is -1.07. The van der Waals surface area contributed by atoms with Gasteiger partial charge in [-0.2, -0.15) is 0 Å². The van der Waals surface area contributed by atoms with Crippen LogP contribution in [0.15, 0.2) is 29.2 Å². The predicted octanol–water partition coefficient (Wildman–Crippen LogP) is 2.85. The maximum atomic E-state index is 12.1. The van der Waals surface area contributed by atoms with Crippen LogP contribution in [-0.2, 0) is 14.6 Å². The second-order valence-electron chi connectivity index (χ2n) is 6.88. The molecule has 5 heteroatoms. The minimum atomic E-state index is -3.15. The highest BCUT2D eigenvalue weighted by Gasteiger charge is 2.66. The van der Waals surface area contributed by atoms with E-state index in [1.54, 1.807) is 19.1 Å². The largest absolute Gasteiger partial charge is 0.381 e. The van der Waals surface area contributed by atoms with Gasteiger partial charge in [0.25, 0.3) is 0 Å². The van der Waals surface area contributed by atoms with E-state index in [1.165, 1.54) is 19.3 Å². The van der Waals surface area contributed by atoms with Crippen molar-refractivity contribution in [2.75, 3.05) is 17.7 Å². The van der Waals surface area contributed by atoms with E-state index in [2.05, 4.69) is 5.32 Å². The normalized spacial score (nSPS) is 32.1. The van der Waals surface area contributed by atoms with Crippen LogP contribution >= 0.6 is 0 Å². The fraction of sp³-hybridized carbons (Fsp3) is 0.647. The number of fused-ring (bicyclic) bond motifs is 2. The molecule has 4 nitrogen and oxygen atoms in total. The predicted molar refractivity (Wildman–Crippen MR) is 85.7 cm³/mol. The summed E-state index contributed by atoms with van der Waals surface area (Å²) in [5.74, 6) is 0.731. The van der Waals surface area contributed by atoms with E-state index in [4.69, 9.17) is 4.74 Å². The standard InChI is InChI=1S/C17H23NO3S/c1-2-22(19,20)13-6-3-5-12(11-13)18-15-14-7-10-21-16(14)17(15)8-4-9-17/h3,5-6,11,14-16,18H,2,4,7-10H2,1H3. The van der Waals surface area contributed by atoms with Crippen molar-refractivity contribution in [3.63, 3.8) is 0 Å². The van der Waals surface area contributed by atoms with Gasteiger partial charge in [0.05, 0.1) is 16.8 Å². The number of hydrogen-bond acceptors (Lipinski definition) is 4. The Kier molecular flexibility index (Phi) is 3.28. The monoisotopic (exact) mass is 321 g/mol. The average molecular weight is 321 g/mol. The van der Waals surface area contributed by atoms with Crippen LogP contribution in [0.25, 0.3) is 0 Å². The molecular weight excluding hydrogens is 298 g/mol. The number of hydrogen-bond donors (Lipinski definition) is 1. The summed E-state index contributed by atoms with van der Waals surface area (Å²) in [6, 6.07) is 7.72. The van der Waals surface area contributed by atoms with Crippen molar-refractivity contribution < 1.29 is 13.2 Å². The first-order valence-corrected chi connectivity index (χ1v) is 9.93. The molecule has 3 atom stereocenters. The molecule has 1 aromatic rings. The van der Waals surface area contributed by atoms with Gasteiger partial charge in [0.2, 0.25) is 0 Å².